The highest BCUT2D eigenvalue weighted by Gasteiger charge is 2.58. The van der Waals surface area contributed by atoms with E-state index in [2.05, 4.69) is 20.1 Å². The topological polar surface area (TPSA) is 119 Å². The van der Waals surface area contributed by atoms with E-state index >= 15 is 0 Å². The van der Waals surface area contributed by atoms with Crippen LogP contribution in [0.3, 0.4) is 0 Å². The minimum atomic E-state index is -0.860. The molecule has 166 valence electrons. The Balaban J connectivity index is 1.16. The maximum absolute atomic E-state index is 14.0. The van der Waals surface area contributed by atoms with Crippen molar-refractivity contribution >= 4 is 16.9 Å². The maximum Gasteiger partial charge on any atom is 0.280 e. The molecule has 0 bridgehead atoms. The summed E-state index contributed by atoms with van der Waals surface area (Å²) in [6.45, 7) is 1.30. The monoisotopic (exact) mass is 450 g/mol. The molecule has 3 atom stereocenters. The van der Waals surface area contributed by atoms with Gasteiger partial charge in [-0.2, -0.15) is 10.2 Å². The van der Waals surface area contributed by atoms with Crippen molar-refractivity contribution in [1.29, 1.82) is 5.26 Å². The van der Waals surface area contributed by atoms with Gasteiger partial charge in [-0.3, -0.25) is 9.36 Å². The first-order chi connectivity index (χ1) is 15.9. The van der Waals surface area contributed by atoms with Crippen LogP contribution in [0.25, 0.3) is 11.2 Å². The fraction of sp³-hybridized carbons (Fsp3) is 0.333. The zero-order valence-corrected chi connectivity index (χ0v) is 17.3. The van der Waals surface area contributed by atoms with Crippen molar-refractivity contribution < 1.29 is 13.3 Å². The largest absolute Gasteiger partial charge is 0.371 e. The van der Waals surface area contributed by atoms with Gasteiger partial charge in [0.1, 0.15) is 36.1 Å². The first kappa shape index (κ1) is 19.5. The quantitative estimate of drug-likeness (QED) is 0.460. The summed E-state index contributed by atoms with van der Waals surface area (Å²) >= 11 is 0. The summed E-state index contributed by atoms with van der Waals surface area (Å²) in [5.74, 6) is -0.267. The summed E-state index contributed by atoms with van der Waals surface area (Å²) in [7, 11) is 1.73. The molecular formula is C21H16F2N8O2. The van der Waals surface area contributed by atoms with Gasteiger partial charge in [-0.25, -0.2) is 18.7 Å². The molecule has 1 saturated carbocycles. The second-order valence-electron chi connectivity index (χ2n) is 8.41. The molecule has 2 aliphatic rings. The first-order valence-electron chi connectivity index (χ1n) is 10.3. The number of nitriles is 1. The number of hydrogen-bond acceptors (Lipinski definition) is 8. The summed E-state index contributed by atoms with van der Waals surface area (Å²) in [6, 6.07) is 3.92. The molecule has 33 heavy (non-hydrogen) atoms. The molecule has 0 spiro atoms. The van der Waals surface area contributed by atoms with Gasteiger partial charge in [0, 0.05) is 31.7 Å². The minimum Gasteiger partial charge on any atom is -0.371 e. The Bertz CT molecular complexity index is 1480. The van der Waals surface area contributed by atoms with Crippen LogP contribution in [-0.4, -0.2) is 42.3 Å². The van der Waals surface area contributed by atoms with Gasteiger partial charge in [0.05, 0.1) is 6.33 Å². The van der Waals surface area contributed by atoms with Gasteiger partial charge >= 0.3 is 0 Å². The third kappa shape index (κ3) is 3.00. The van der Waals surface area contributed by atoms with Crippen LogP contribution >= 0.6 is 0 Å². The second-order valence-corrected chi connectivity index (χ2v) is 8.41. The molecule has 3 aromatic heterocycles. The number of aryl methyl sites for hydroxylation is 1. The molecular weight excluding hydrogens is 434 g/mol. The highest BCUT2D eigenvalue weighted by molar-refractivity contribution is 5.68. The number of rotatable bonds is 4. The Labute approximate surface area is 184 Å². The van der Waals surface area contributed by atoms with Crippen LogP contribution in [0.2, 0.25) is 0 Å². The standard InChI is InChI=1S/C21H16F2N8O2/c1-29-8-25-20-18(29)21(32)31(9-26-20)7-16-27-19(28-33-16)17-12-5-30(6-13(12)17)10-2-14(22)11(4-24)15(23)3-10/h2-3,8-9,12-13,17H,5-7H2,1H3/t12-,13+,17?. The van der Waals surface area contributed by atoms with E-state index in [4.69, 9.17) is 9.78 Å². The first-order valence-corrected chi connectivity index (χ1v) is 10.3. The van der Waals surface area contributed by atoms with Gasteiger partial charge in [-0.15, -0.1) is 0 Å². The van der Waals surface area contributed by atoms with Gasteiger partial charge in [0.15, 0.2) is 17.0 Å². The minimum absolute atomic E-state index is 0.0952. The smallest absolute Gasteiger partial charge is 0.280 e. The van der Waals surface area contributed by atoms with E-state index in [1.807, 2.05) is 4.90 Å². The number of aromatic nitrogens is 6. The Morgan fingerprint density at radius 3 is 2.58 bits per heavy atom. The highest BCUT2D eigenvalue weighted by atomic mass is 19.1. The van der Waals surface area contributed by atoms with Crippen LogP contribution in [0, 0.1) is 34.8 Å². The second kappa shape index (κ2) is 6.93. The summed E-state index contributed by atoms with van der Waals surface area (Å²) in [6.07, 6.45) is 2.94. The summed E-state index contributed by atoms with van der Waals surface area (Å²) in [5, 5.41) is 12.9. The fourth-order valence-electron chi connectivity index (χ4n) is 4.77. The number of imidazole rings is 1. The Kier molecular flexibility index (Phi) is 4.10. The van der Waals surface area contributed by atoms with Crippen molar-refractivity contribution in [3.05, 3.63) is 64.1 Å². The molecule has 0 radical (unpaired) electrons. The molecule has 10 nitrogen and oxygen atoms in total. The Morgan fingerprint density at radius 1 is 1.18 bits per heavy atom. The molecule has 1 aliphatic carbocycles. The molecule has 6 rings (SSSR count). The lowest BCUT2D eigenvalue weighted by molar-refractivity contribution is 0.363. The average molecular weight is 450 g/mol. The Hall–Kier alpha value is -4.14. The van der Waals surface area contributed by atoms with E-state index in [0.29, 0.717) is 41.7 Å². The van der Waals surface area contributed by atoms with Gasteiger partial charge < -0.3 is 14.0 Å². The molecule has 4 heterocycles. The fourth-order valence-corrected chi connectivity index (χ4v) is 4.77. The van der Waals surface area contributed by atoms with E-state index in [1.54, 1.807) is 11.6 Å². The number of benzene rings is 1. The molecule has 0 amide bonds. The molecule has 0 N–H and O–H groups in total. The van der Waals surface area contributed by atoms with E-state index in [-0.39, 0.29) is 29.9 Å². The third-order valence-electron chi connectivity index (χ3n) is 6.49. The highest BCUT2D eigenvalue weighted by Crippen LogP contribution is 2.58. The van der Waals surface area contributed by atoms with Gasteiger partial charge in [0.2, 0.25) is 5.89 Å². The third-order valence-corrected chi connectivity index (χ3v) is 6.49. The summed E-state index contributed by atoms with van der Waals surface area (Å²) in [5.41, 5.74) is 0.367. The van der Waals surface area contributed by atoms with Crippen molar-refractivity contribution in [3.63, 3.8) is 0 Å². The molecule has 1 aromatic carbocycles. The predicted molar refractivity (Wildman–Crippen MR) is 109 cm³/mol. The van der Waals surface area contributed by atoms with Crippen LogP contribution in [0.4, 0.5) is 14.5 Å². The van der Waals surface area contributed by atoms with E-state index < -0.39 is 17.2 Å². The normalized spacial score (nSPS) is 21.4. The van der Waals surface area contributed by atoms with Gasteiger partial charge in [-0.05, 0) is 24.0 Å². The van der Waals surface area contributed by atoms with E-state index in [9.17, 15) is 13.6 Å². The summed E-state index contributed by atoms with van der Waals surface area (Å²) in [4.78, 5) is 27.3. The lowest BCUT2D eigenvalue weighted by Gasteiger charge is -2.21. The lowest BCUT2D eigenvalue weighted by atomic mass is 10.1. The molecule has 4 aromatic rings. The van der Waals surface area contributed by atoms with Crippen molar-refractivity contribution in [2.24, 2.45) is 18.9 Å². The molecule has 1 unspecified atom stereocenters. The predicted octanol–water partition coefficient (Wildman–Crippen LogP) is 1.56. The maximum atomic E-state index is 14.0. The van der Waals surface area contributed by atoms with Crippen molar-refractivity contribution in [1.82, 2.24) is 29.2 Å². The van der Waals surface area contributed by atoms with Gasteiger partial charge in [-0.1, -0.05) is 5.16 Å². The van der Waals surface area contributed by atoms with E-state index in [1.165, 1.54) is 35.4 Å². The summed E-state index contributed by atoms with van der Waals surface area (Å²) < 4.78 is 36.3. The van der Waals surface area contributed by atoms with Crippen LogP contribution in [0.5, 0.6) is 0 Å². The number of anilines is 1. The van der Waals surface area contributed by atoms with Crippen molar-refractivity contribution in [2.75, 3.05) is 18.0 Å². The van der Waals surface area contributed by atoms with Crippen LogP contribution in [0.15, 0.2) is 34.1 Å². The van der Waals surface area contributed by atoms with E-state index in [0.717, 1.165) is 0 Å². The molecule has 12 heteroatoms. The number of piperidine rings is 1. The van der Waals surface area contributed by atoms with Crippen molar-refractivity contribution in [3.8, 4) is 6.07 Å². The number of halogens is 2. The van der Waals surface area contributed by atoms with Crippen LogP contribution < -0.4 is 10.5 Å². The number of fused-ring (bicyclic) bond motifs is 2. The zero-order chi connectivity index (χ0) is 22.9. The Morgan fingerprint density at radius 2 is 1.88 bits per heavy atom. The number of nitrogens with zero attached hydrogens (tertiary/aromatic N) is 8. The molecule has 1 saturated heterocycles. The van der Waals surface area contributed by atoms with Crippen molar-refractivity contribution in [2.45, 2.75) is 12.5 Å². The number of hydrogen-bond donors (Lipinski definition) is 0. The molecule has 1 aliphatic heterocycles. The average Bonchev–Trinajstić information content (AvgIpc) is 3.20. The SMILES string of the molecule is Cn1cnc2ncn(Cc3nc(C4[C@H]5CN(c6cc(F)c(C#N)c(F)c6)C[C@@H]45)no3)c(=O)c21. The zero-order valence-electron chi connectivity index (χ0n) is 17.3. The molecule has 2 fully saturated rings. The van der Waals surface area contributed by atoms with Crippen LogP contribution in [0.1, 0.15) is 23.2 Å². The van der Waals surface area contributed by atoms with Gasteiger partial charge in [0.25, 0.3) is 5.56 Å². The lowest BCUT2D eigenvalue weighted by Crippen LogP contribution is -2.24. The van der Waals surface area contributed by atoms with Crippen LogP contribution in [-0.2, 0) is 13.6 Å².